The van der Waals surface area contributed by atoms with E-state index in [0.717, 1.165) is 38.9 Å². The molecule has 0 atom stereocenters. The van der Waals surface area contributed by atoms with Crippen molar-refractivity contribution in [1.29, 1.82) is 0 Å². The van der Waals surface area contributed by atoms with Crippen molar-refractivity contribution in [2.75, 3.05) is 6.61 Å². The fourth-order valence-corrected chi connectivity index (χ4v) is 4.28. The molecule has 0 radical (unpaired) electrons. The van der Waals surface area contributed by atoms with Gasteiger partial charge < -0.3 is 9.30 Å². The normalized spacial score (nSPS) is 11.6. The molecule has 162 valence electrons. The van der Waals surface area contributed by atoms with Crippen molar-refractivity contribution >= 4 is 21.9 Å². The molecule has 3 aromatic heterocycles. The van der Waals surface area contributed by atoms with Gasteiger partial charge in [-0.15, -0.1) is 0 Å². The first-order chi connectivity index (χ1) is 15.5. The monoisotopic (exact) mass is 430 g/mol. The predicted molar refractivity (Wildman–Crippen MR) is 124 cm³/mol. The lowest BCUT2D eigenvalue weighted by molar-refractivity contribution is 0.131. The first kappa shape index (κ1) is 20.2. The summed E-state index contributed by atoms with van der Waals surface area (Å²) in [6.07, 6.45) is 0. The number of hydrogen-bond donors (Lipinski definition) is 1. The molecule has 0 aliphatic heterocycles. The summed E-state index contributed by atoms with van der Waals surface area (Å²) in [6.45, 7) is 3.09. The molecule has 0 saturated heterocycles. The second kappa shape index (κ2) is 7.76. The summed E-state index contributed by atoms with van der Waals surface area (Å²) in [4.78, 5) is 13.1. The van der Waals surface area contributed by atoms with E-state index in [9.17, 15) is 9.18 Å². The maximum Gasteiger partial charge on any atom is 0.259 e. The van der Waals surface area contributed by atoms with Crippen LogP contribution in [0.1, 0.15) is 12.6 Å². The molecule has 6 nitrogen and oxygen atoms in total. The number of aromatic nitrogens is 4. The molecule has 7 heteroatoms. The van der Waals surface area contributed by atoms with E-state index in [-0.39, 0.29) is 11.4 Å². The fourth-order valence-electron chi connectivity index (χ4n) is 4.28. The molecule has 2 aromatic carbocycles. The average Bonchev–Trinajstić information content (AvgIpc) is 3.38. The van der Waals surface area contributed by atoms with Gasteiger partial charge in [0.2, 0.25) is 0 Å². The van der Waals surface area contributed by atoms with Crippen LogP contribution in [0.15, 0.2) is 59.4 Å². The smallest absolute Gasteiger partial charge is 0.259 e. The second-order valence-corrected chi connectivity index (χ2v) is 7.87. The summed E-state index contributed by atoms with van der Waals surface area (Å²) < 4.78 is 22.6. The van der Waals surface area contributed by atoms with E-state index in [2.05, 4.69) is 16.3 Å². The Bertz CT molecular complexity index is 1510. The Labute approximate surface area is 183 Å². The van der Waals surface area contributed by atoms with Crippen molar-refractivity contribution in [2.24, 2.45) is 14.1 Å². The highest BCUT2D eigenvalue weighted by atomic mass is 19.1. The van der Waals surface area contributed by atoms with E-state index >= 15 is 0 Å². The lowest BCUT2D eigenvalue weighted by Crippen LogP contribution is -2.20. The van der Waals surface area contributed by atoms with Gasteiger partial charge in [-0.1, -0.05) is 18.2 Å². The van der Waals surface area contributed by atoms with E-state index < -0.39 is 0 Å². The Hall–Kier alpha value is -3.71. The first-order valence-electron chi connectivity index (χ1n) is 10.5. The molecule has 0 fully saturated rings. The van der Waals surface area contributed by atoms with Gasteiger partial charge in [0.1, 0.15) is 11.5 Å². The van der Waals surface area contributed by atoms with E-state index in [1.54, 1.807) is 23.7 Å². The van der Waals surface area contributed by atoms with Gasteiger partial charge in [-0.3, -0.25) is 14.5 Å². The van der Waals surface area contributed by atoms with Crippen LogP contribution in [0.3, 0.4) is 0 Å². The number of aromatic amines is 1. The number of halogens is 1. The van der Waals surface area contributed by atoms with Crippen molar-refractivity contribution in [3.63, 3.8) is 0 Å². The van der Waals surface area contributed by atoms with Crippen LogP contribution in [0.5, 0.6) is 0 Å². The summed E-state index contributed by atoms with van der Waals surface area (Å²) in [5.74, 6) is -0.329. The van der Waals surface area contributed by atoms with Crippen molar-refractivity contribution in [3.05, 3.63) is 76.5 Å². The van der Waals surface area contributed by atoms with Gasteiger partial charge in [-0.2, -0.15) is 5.10 Å². The van der Waals surface area contributed by atoms with Crippen LogP contribution in [-0.2, 0) is 25.4 Å². The minimum Gasteiger partial charge on any atom is -0.375 e. The number of hydrogen-bond acceptors (Lipinski definition) is 3. The number of pyridine rings is 1. The van der Waals surface area contributed by atoms with Gasteiger partial charge in [-0.25, -0.2) is 4.39 Å². The average molecular weight is 430 g/mol. The summed E-state index contributed by atoms with van der Waals surface area (Å²) in [5.41, 5.74) is 5.67. The highest BCUT2D eigenvalue weighted by molar-refractivity contribution is 6.09. The van der Waals surface area contributed by atoms with Crippen LogP contribution in [-0.4, -0.2) is 25.9 Å². The SMILES string of the molecule is CCOCc1cc(-c2ccc3c(c2)c2cc(-c4ccc(F)cc4)c(=O)n(C)c2n3C)n[nH]1. The lowest BCUT2D eigenvalue weighted by Gasteiger charge is -2.08. The van der Waals surface area contributed by atoms with Crippen LogP contribution in [0.4, 0.5) is 4.39 Å². The molecule has 5 rings (SSSR count). The van der Waals surface area contributed by atoms with Crippen LogP contribution < -0.4 is 5.56 Å². The van der Waals surface area contributed by atoms with E-state index in [1.807, 2.05) is 42.8 Å². The van der Waals surface area contributed by atoms with Gasteiger partial charge >= 0.3 is 0 Å². The highest BCUT2D eigenvalue weighted by Crippen LogP contribution is 2.33. The first-order valence-corrected chi connectivity index (χ1v) is 10.5. The van der Waals surface area contributed by atoms with Gasteiger partial charge in [0, 0.05) is 42.6 Å². The molecule has 0 unspecified atom stereocenters. The third-order valence-electron chi connectivity index (χ3n) is 5.89. The fraction of sp³-hybridized carbons (Fsp3) is 0.200. The van der Waals surface area contributed by atoms with Gasteiger partial charge in [-0.05, 0) is 48.9 Å². The molecule has 0 spiro atoms. The van der Waals surface area contributed by atoms with Crippen LogP contribution in [0, 0.1) is 5.82 Å². The van der Waals surface area contributed by atoms with Crippen LogP contribution >= 0.6 is 0 Å². The maximum absolute atomic E-state index is 13.4. The predicted octanol–water partition coefficient (Wildman–Crippen LogP) is 4.76. The van der Waals surface area contributed by atoms with E-state index in [0.29, 0.717) is 24.3 Å². The quantitative estimate of drug-likeness (QED) is 0.437. The number of aryl methyl sites for hydroxylation is 2. The maximum atomic E-state index is 13.4. The third-order valence-corrected chi connectivity index (χ3v) is 5.89. The lowest BCUT2D eigenvalue weighted by atomic mass is 10.0. The Morgan fingerprint density at radius 1 is 0.969 bits per heavy atom. The molecule has 3 heterocycles. The molecule has 0 saturated carbocycles. The van der Waals surface area contributed by atoms with Gasteiger partial charge in [0.05, 0.1) is 23.5 Å². The third kappa shape index (κ3) is 3.22. The molecule has 32 heavy (non-hydrogen) atoms. The number of rotatable bonds is 5. The molecular formula is C25H23FN4O2. The number of nitrogens with one attached hydrogen (secondary N) is 1. The largest absolute Gasteiger partial charge is 0.375 e. The summed E-state index contributed by atoms with van der Waals surface area (Å²) >= 11 is 0. The van der Waals surface area contributed by atoms with Crippen molar-refractivity contribution in [1.82, 2.24) is 19.3 Å². The van der Waals surface area contributed by atoms with Crippen LogP contribution in [0.2, 0.25) is 0 Å². The summed E-state index contributed by atoms with van der Waals surface area (Å²) in [7, 11) is 3.72. The number of ether oxygens (including phenoxy) is 1. The molecule has 1 N–H and O–H groups in total. The van der Waals surface area contributed by atoms with E-state index in [1.165, 1.54) is 12.1 Å². The summed E-state index contributed by atoms with van der Waals surface area (Å²) in [5, 5.41) is 9.44. The molecule has 0 aliphatic carbocycles. The van der Waals surface area contributed by atoms with Crippen molar-refractivity contribution in [3.8, 4) is 22.4 Å². The Kier molecular flexibility index (Phi) is 4.90. The zero-order chi connectivity index (χ0) is 22.4. The van der Waals surface area contributed by atoms with Crippen molar-refractivity contribution in [2.45, 2.75) is 13.5 Å². The number of benzene rings is 2. The molecule has 0 amide bonds. The topological polar surface area (TPSA) is 64.8 Å². The molecule has 0 bridgehead atoms. The second-order valence-electron chi connectivity index (χ2n) is 7.87. The Morgan fingerprint density at radius 2 is 1.72 bits per heavy atom. The van der Waals surface area contributed by atoms with Crippen LogP contribution in [0.25, 0.3) is 44.3 Å². The molecule has 5 aromatic rings. The highest BCUT2D eigenvalue weighted by Gasteiger charge is 2.17. The van der Waals surface area contributed by atoms with Gasteiger partial charge in [0.25, 0.3) is 5.56 Å². The van der Waals surface area contributed by atoms with E-state index in [4.69, 9.17) is 4.74 Å². The number of fused-ring (bicyclic) bond motifs is 3. The standard InChI is InChI=1S/C25H23FN4O2/c1-4-32-14-18-12-22(28-27-18)16-7-10-23-20(11-16)21-13-19(15-5-8-17(26)9-6-15)25(31)30(3)24(21)29(23)2/h5-13H,4,14H2,1-3H3,(H,27,28). The van der Waals surface area contributed by atoms with Gasteiger partial charge in [0.15, 0.2) is 0 Å². The zero-order valence-electron chi connectivity index (χ0n) is 18.1. The molecule has 0 aliphatic rings. The molecular weight excluding hydrogens is 407 g/mol. The Balaban J connectivity index is 1.71. The number of H-pyrrole nitrogens is 1. The number of nitrogens with zero attached hydrogens (tertiary/aromatic N) is 3. The Morgan fingerprint density at radius 3 is 2.47 bits per heavy atom. The minimum atomic E-state index is -0.329. The summed E-state index contributed by atoms with van der Waals surface area (Å²) in [6, 6.07) is 16.1. The minimum absolute atomic E-state index is 0.122. The zero-order valence-corrected chi connectivity index (χ0v) is 18.1. The van der Waals surface area contributed by atoms with Crippen molar-refractivity contribution < 1.29 is 9.13 Å².